The molecule has 0 aliphatic carbocycles. The largest absolute Gasteiger partial charge is 0.573 e. The van der Waals surface area contributed by atoms with Crippen LogP contribution < -0.4 is 9.46 Å². The van der Waals surface area contributed by atoms with E-state index >= 15 is 0 Å². The van der Waals surface area contributed by atoms with Gasteiger partial charge in [-0.05, 0) is 34.1 Å². The van der Waals surface area contributed by atoms with Gasteiger partial charge in [-0.1, -0.05) is 0 Å². The quantitative estimate of drug-likeness (QED) is 0.704. The lowest BCUT2D eigenvalue weighted by Gasteiger charge is -2.12. The Kier molecular flexibility index (Phi) is 5.27. The molecule has 0 aliphatic heterocycles. The number of hydrogen-bond donors (Lipinski definition) is 1. The van der Waals surface area contributed by atoms with Gasteiger partial charge in [-0.15, -0.1) is 13.2 Å². The Bertz CT molecular complexity index is 883. The third-order valence-corrected chi connectivity index (χ3v) is 5.08. The van der Waals surface area contributed by atoms with Crippen LogP contribution in [0, 0.1) is 0 Å². The van der Waals surface area contributed by atoms with Gasteiger partial charge in [0, 0.05) is 17.7 Å². The van der Waals surface area contributed by atoms with Crippen molar-refractivity contribution in [2.24, 2.45) is 7.05 Å². The minimum atomic E-state index is -4.94. The fourth-order valence-corrected chi connectivity index (χ4v) is 3.96. The van der Waals surface area contributed by atoms with Crippen LogP contribution in [0.3, 0.4) is 0 Å². The lowest BCUT2D eigenvalue weighted by atomic mass is 10.3. The summed E-state index contributed by atoms with van der Waals surface area (Å²) in [5.74, 6) is -0.645. The lowest BCUT2D eigenvalue weighted by molar-refractivity contribution is -0.274. The maximum absolute atomic E-state index is 12.9. The molecule has 138 valence electrons. The molecule has 2 rings (SSSR count). The van der Waals surface area contributed by atoms with Gasteiger partial charge in [0.15, 0.2) is 5.69 Å². The molecule has 0 atom stereocenters. The van der Waals surface area contributed by atoms with Crippen LogP contribution in [0.1, 0.15) is 12.1 Å². The summed E-state index contributed by atoms with van der Waals surface area (Å²) in [6.45, 7) is 0. The molecule has 1 aromatic heterocycles. The van der Waals surface area contributed by atoms with Crippen molar-refractivity contribution in [1.29, 1.82) is 0 Å². The molecule has 0 saturated heterocycles. The summed E-state index contributed by atoms with van der Waals surface area (Å²) in [6, 6.07) is 2.41. The van der Waals surface area contributed by atoms with Crippen LogP contribution in [-0.4, -0.2) is 24.6 Å². The van der Waals surface area contributed by atoms with Crippen molar-refractivity contribution in [3.05, 3.63) is 34.6 Å². The second-order valence-corrected chi connectivity index (χ2v) is 7.15. The Morgan fingerprint density at radius 1 is 1.32 bits per heavy atom. The highest BCUT2D eigenvalue weighted by molar-refractivity contribution is 9.10. The second-order valence-electron chi connectivity index (χ2n) is 4.65. The number of benzene rings is 1. The molecule has 0 unspecified atom stereocenters. The highest BCUT2D eigenvalue weighted by Crippen LogP contribution is 2.32. The van der Waals surface area contributed by atoms with Crippen LogP contribution >= 0.6 is 15.9 Å². The van der Waals surface area contributed by atoms with Gasteiger partial charge in [0.1, 0.15) is 10.6 Å². The van der Waals surface area contributed by atoms with E-state index in [9.17, 15) is 30.4 Å². The van der Waals surface area contributed by atoms with Gasteiger partial charge in [0.25, 0.3) is 16.4 Å². The minimum Gasteiger partial charge on any atom is -0.406 e. The van der Waals surface area contributed by atoms with Crippen LogP contribution in [0.5, 0.6) is 5.75 Å². The van der Waals surface area contributed by atoms with E-state index in [2.05, 4.69) is 25.8 Å². The van der Waals surface area contributed by atoms with Crippen LogP contribution in [0.2, 0.25) is 0 Å². The molecule has 0 amide bonds. The molecule has 0 spiro atoms. The van der Waals surface area contributed by atoms with Crippen molar-refractivity contribution in [3.63, 3.8) is 0 Å². The molecular formula is C12H9BrF5N3O3S. The molecule has 25 heavy (non-hydrogen) atoms. The Balaban J connectivity index is 2.34. The Morgan fingerprint density at radius 3 is 2.48 bits per heavy atom. The maximum Gasteiger partial charge on any atom is 0.573 e. The molecule has 0 saturated carbocycles. The number of anilines is 1. The molecule has 13 heteroatoms. The van der Waals surface area contributed by atoms with E-state index in [4.69, 9.17) is 0 Å². The highest BCUT2D eigenvalue weighted by atomic mass is 79.9. The van der Waals surface area contributed by atoms with Crippen molar-refractivity contribution in [3.8, 4) is 5.75 Å². The topological polar surface area (TPSA) is 73.2 Å². The van der Waals surface area contributed by atoms with E-state index in [-0.39, 0.29) is 4.47 Å². The van der Waals surface area contributed by atoms with E-state index < -0.39 is 44.8 Å². The van der Waals surface area contributed by atoms with Gasteiger partial charge >= 0.3 is 6.36 Å². The summed E-state index contributed by atoms with van der Waals surface area (Å²) in [7, 11) is -3.05. The Labute approximate surface area is 146 Å². The molecule has 1 aromatic carbocycles. The van der Waals surface area contributed by atoms with Crippen molar-refractivity contribution in [2.75, 3.05) is 4.72 Å². The number of alkyl halides is 5. The van der Waals surface area contributed by atoms with Crippen LogP contribution in [-0.2, 0) is 17.1 Å². The van der Waals surface area contributed by atoms with Gasteiger partial charge in [0.05, 0.1) is 5.69 Å². The zero-order chi connectivity index (χ0) is 19.0. The van der Waals surface area contributed by atoms with Crippen LogP contribution in [0.25, 0.3) is 0 Å². The predicted molar refractivity (Wildman–Crippen MR) is 79.8 cm³/mol. The number of nitrogens with one attached hydrogen (secondary N) is 1. The Hall–Kier alpha value is -1.89. The number of sulfonamides is 1. The highest BCUT2D eigenvalue weighted by Gasteiger charge is 2.32. The number of hydrogen-bond acceptors (Lipinski definition) is 4. The fourth-order valence-electron chi connectivity index (χ4n) is 1.84. The molecule has 0 bridgehead atoms. The van der Waals surface area contributed by atoms with Gasteiger partial charge in [-0.3, -0.25) is 9.40 Å². The molecule has 6 nitrogen and oxygen atoms in total. The number of nitrogens with zero attached hydrogens (tertiary/aromatic N) is 2. The van der Waals surface area contributed by atoms with Gasteiger partial charge in [0.2, 0.25) is 0 Å². The summed E-state index contributed by atoms with van der Waals surface area (Å²) < 4.78 is 93.2. The zero-order valence-electron chi connectivity index (χ0n) is 12.2. The maximum atomic E-state index is 12.9. The van der Waals surface area contributed by atoms with Crippen molar-refractivity contribution >= 4 is 31.6 Å². The molecular weight excluding hydrogens is 441 g/mol. The van der Waals surface area contributed by atoms with E-state index in [0.717, 1.165) is 29.1 Å². The van der Waals surface area contributed by atoms with Crippen molar-refractivity contribution in [1.82, 2.24) is 9.78 Å². The molecule has 0 fully saturated rings. The predicted octanol–water partition coefficient (Wildman–Crippen LogP) is 3.82. The first-order chi connectivity index (χ1) is 11.4. The SMILES string of the molecule is Cn1cc(NS(=O)(=O)c2ccc(OC(F)(F)F)cc2Br)c(C(F)F)n1. The molecule has 1 N–H and O–H groups in total. The first-order valence-electron chi connectivity index (χ1n) is 6.29. The number of halogens is 6. The van der Waals surface area contributed by atoms with Crippen molar-refractivity contribution in [2.45, 2.75) is 17.7 Å². The standard InChI is InChI=1S/C12H9BrF5N3O3S/c1-21-5-8(10(19-21)11(14)15)20-25(22,23)9-3-2-6(4-7(9)13)24-12(16,17)18/h2-5,11,20H,1H3. The molecule has 1 heterocycles. The summed E-state index contributed by atoms with van der Waals surface area (Å²) in [5, 5.41) is 3.45. The fraction of sp³-hybridized carbons (Fsp3) is 0.250. The monoisotopic (exact) mass is 449 g/mol. The normalized spacial score (nSPS) is 12.5. The summed E-state index contributed by atoms with van der Waals surface area (Å²) in [4.78, 5) is -0.467. The lowest BCUT2D eigenvalue weighted by Crippen LogP contribution is -2.18. The van der Waals surface area contributed by atoms with Gasteiger partial charge in [-0.2, -0.15) is 5.10 Å². The number of aromatic nitrogens is 2. The van der Waals surface area contributed by atoms with E-state index in [1.807, 2.05) is 4.72 Å². The summed E-state index contributed by atoms with van der Waals surface area (Å²) >= 11 is 2.82. The average Bonchev–Trinajstić information content (AvgIpc) is 2.76. The number of ether oxygens (including phenoxy) is 1. The van der Waals surface area contributed by atoms with Crippen molar-refractivity contribution < 1.29 is 35.1 Å². The summed E-state index contributed by atoms with van der Waals surface area (Å²) in [5.41, 5.74) is -1.22. The molecule has 0 aliphatic rings. The van der Waals surface area contributed by atoms with Crippen LogP contribution in [0.15, 0.2) is 33.8 Å². The third-order valence-electron chi connectivity index (χ3n) is 2.73. The first-order valence-corrected chi connectivity index (χ1v) is 8.56. The zero-order valence-corrected chi connectivity index (χ0v) is 14.6. The number of rotatable bonds is 5. The van der Waals surface area contributed by atoms with Crippen LogP contribution in [0.4, 0.5) is 27.6 Å². The van der Waals surface area contributed by atoms with Gasteiger partial charge in [-0.25, -0.2) is 17.2 Å². The third kappa shape index (κ3) is 4.81. The minimum absolute atomic E-state index is 0.246. The van der Waals surface area contributed by atoms with Gasteiger partial charge < -0.3 is 4.74 Å². The summed E-state index contributed by atoms with van der Waals surface area (Å²) in [6.07, 6.45) is -6.93. The smallest absolute Gasteiger partial charge is 0.406 e. The Morgan fingerprint density at radius 2 is 1.96 bits per heavy atom. The number of aryl methyl sites for hydroxylation is 1. The van der Waals surface area contributed by atoms with E-state index in [1.165, 1.54) is 7.05 Å². The molecule has 2 aromatic rings. The second kappa shape index (κ2) is 6.78. The van der Waals surface area contributed by atoms with E-state index in [0.29, 0.717) is 0 Å². The average molecular weight is 450 g/mol. The molecule has 0 radical (unpaired) electrons. The first kappa shape index (κ1) is 19.4. The van der Waals surface area contributed by atoms with E-state index in [1.54, 1.807) is 0 Å².